The number of aromatic nitrogens is 2. The van der Waals surface area contributed by atoms with Crippen LogP contribution in [0.5, 0.6) is 0 Å². The highest BCUT2D eigenvalue weighted by molar-refractivity contribution is 14.1. The summed E-state index contributed by atoms with van der Waals surface area (Å²) in [5.41, 5.74) is -0.0740. The molecule has 0 bridgehead atoms. The van der Waals surface area contributed by atoms with Gasteiger partial charge >= 0.3 is 0 Å². The molecule has 0 amide bonds. The van der Waals surface area contributed by atoms with Crippen LogP contribution in [0, 0.1) is 15.4 Å². The first-order valence-corrected chi connectivity index (χ1v) is 6.21. The molecule has 2 rings (SSSR count). The lowest BCUT2D eigenvalue weighted by Gasteiger charge is -2.32. The number of hydrogen-bond acceptors (Lipinski definition) is 3. The van der Waals surface area contributed by atoms with Crippen LogP contribution in [0.4, 0.5) is 5.82 Å². The van der Waals surface area contributed by atoms with Crippen molar-refractivity contribution in [3.63, 3.8) is 0 Å². The summed E-state index contributed by atoms with van der Waals surface area (Å²) in [5.74, 6) is 2.32. The molecule has 0 radical (unpaired) electrons. The van der Waals surface area contributed by atoms with E-state index in [0.29, 0.717) is 9.39 Å². The number of hydrogen-bond donors (Lipinski definition) is 2. The van der Waals surface area contributed by atoms with Crippen LogP contribution in [0.1, 0.15) is 19.8 Å². The topological polar surface area (TPSA) is 57.8 Å². The zero-order valence-corrected chi connectivity index (χ0v) is 10.7. The molecule has 1 saturated carbocycles. The molecule has 0 spiro atoms. The van der Waals surface area contributed by atoms with Crippen molar-refractivity contribution in [2.24, 2.45) is 11.8 Å². The van der Waals surface area contributed by atoms with Crippen molar-refractivity contribution < 1.29 is 0 Å². The van der Waals surface area contributed by atoms with E-state index in [9.17, 15) is 4.79 Å². The minimum absolute atomic E-state index is 0.0740. The standard InChI is InChI=1S/C10H14IN3O/c1-6-2-7(3-6)4-12-9-8(11)10(15)14-5-13-9/h5-7H,2-4H2,1H3,(H2,12,13,14,15). The fourth-order valence-corrected chi connectivity index (χ4v) is 2.47. The van der Waals surface area contributed by atoms with E-state index in [1.807, 2.05) is 22.6 Å². The van der Waals surface area contributed by atoms with Gasteiger partial charge in [-0.25, -0.2) is 4.98 Å². The van der Waals surface area contributed by atoms with Crippen molar-refractivity contribution in [1.82, 2.24) is 9.97 Å². The Bertz CT molecular complexity index is 398. The molecular weight excluding hydrogens is 305 g/mol. The molecule has 0 aromatic carbocycles. The zero-order valence-electron chi connectivity index (χ0n) is 8.59. The summed E-state index contributed by atoms with van der Waals surface area (Å²) in [6, 6.07) is 0. The van der Waals surface area contributed by atoms with Crippen LogP contribution in [0.15, 0.2) is 11.1 Å². The molecule has 2 N–H and O–H groups in total. The number of aromatic amines is 1. The van der Waals surface area contributed by atoms with Crippen LogP contribution in [0.2, 0.25) is 0 Å². The predicted molar refractivity (Wildman–Crippen MR) is 68.0 cm³/mol. The summed E-state index contributed by atoms with van der Waals surface area (Å²) >= 11 is 2.02. The number of halogens is 1. The van der Waals surface area contributed by atoms with Gasteiger partial charge in [0.2, 0.25) is 0 Å². The van der Waals surface area contributed by atoms with Crippen molar-refractivity contribution in [2.75, 3.05) is 11.9 Å². The SMILES string of the molecule is CC1CC(CNc2nc[nH]c(=O)c2I)C1. The average Bonchev–Trinajstić information content (AvgIpc) is 2.17. The van der Waals surface area contributed by atoms with E-state index in [2.05, 4.69) is 22.2 Å². The van der Waals surface area contributed by atoms with Gasteiger partial charge in [0.05, 0.1) is 6.33 Å². The number of rotatable bonds is 3. The Labute approximate surface area is 102 Å². The Morgan fingerprint density at radius 3 is 3.07 bits per heavy atom. The van der Waals surface area contributed by atoms with E-state index in [1.54, 1.807) is 0 Å². The second-order valence-corrected chi connectivity index (χ2v) is 5.30. The molecule has 0 saturated heterocycles. The summed E-state index contributed by atoms with van der Waals surface area (Å²) < 4.78 is 0.641. The summed E-state index contributed by atoms with van der Waals surface area (Å²) in [4.78, 5) is 17.9. The Kier molecular flexibility index (Phi) is 3.28. The molecule has 0 unspecified atom stereocenters. The number of anilines is 1. The molecule has 1 aliphatic rings. The monoisotopic (exact) mass is 319 g/mol. The fraction of sp³-hybridized carbons (Fsp3) is 0.600. The highest BCUT2D eigenvalue weighted by Crippen LogP contribution is 2.32. The van der Waals surface area contributed by atoms with Gasteiger partial charge in [-0.15, -0.1) is 0 Å². The van der Waals surface area contributed by atoms with Crippen molar-refractivity contribution in [2.45, 2.75) is 19.8 Å². The molecular formula is C10H14IN3O. The maximum Gasteiger partial charge on any atom is 0.266 e. The van der Waals surface area contributed by atoms with Gasteiger partial charge in [-0.3, -0.25) is 4.79 Å². The van der Waals surface area contributed by atoms with E-state index in [1.165, 1.54) is 19.2 Å². The van der Waals surface area contributed by atoms with Crippen molar-refractivity contribution >= 4 is 28.4 Å². The largest absolute Gasteiger partial charge is 0.369 e. The van der Waals surface area contributed by atoms with Gasteiger partial charge in [0.25, 0.3) is 5.56 Å². The van der Waals surface area contributed by atoms with E-state index in [0.717, 1.165) is 18.4 Å². The zero-order chi connectivity index (χ0) is 10.8. The Morgan fingerprint density at radius 1 is 1.67 bits per heavy atom. The van der Waals surface area contributed by atoms with Gasteiger partial charge < -0.3 is 10.3 Å². The molecule has 1 aromatic rings. The van der Waals surface area contributed by atoms with Crippen LogP contribution in [-0.4, -0.2) is 16.5 Å². The second-order valence-electron chi connectivity index (χ2n) is 4.22. The fourth-order valence-electron chi connectivity index (χ4n) is 1.98. The van der Waals surface area contributed by atoms with E-state index in [4.69, 9.17) is 0 Å². The summed E-state index contributed by atoms with van der Waals surface area (Å²) in [6.07, 6.45) is 4.01. The van der Waals surface area contributed by atoms with Crippen LogP contribution >= 0.6 is 22.6 Å². The lowest BCUT2D eigenvalue weighted by Crippen LogP contribution is -2.28. The van der Waals surface area contributed by atoms with Crippen LogP contribution < -0.4 is 10.9 Å². The molecule has 1 aliphatic carbocycles. The van der Waals surface area contributed by atoms with Gasteiger partial charge in [0.15, 0.2) is 0 Å². The quantitative estimate of drug-likeness (QED) is 0.836. The molecule has 0 atom stereocenters. The lowest BCUT2D eigenvalue weighted by molar-refractivity contribution is 0.225. The summed E-state index contributed by atoms with van der Waals surface area (Å²) in [5, 5.41) is 3.24. The minimum atomic E-state index is -0.0740. The van der Waals surface area contributed by atoms with Crippen molar-refractivity contribution in [3.8, 4) is 0 Å². The predicted octanol–water partition coefficient (Wildman–Crippen LogP) is 1.83. The van der Waals surface area contributed by atoms with Crippen molar-refractivity contribution in [3.05, 3.63) is 20.3 Å². The third-order valence-electron chi connectivity index (χ3n) is 2.83. The molecule has 1 aromatic heterocycles. The summed E-state index contributed by atoms with van der Waals surface area (Å²) in [7, 11) is 0. The van der Waals surface area contributed by atoms with Gasteiger partial charge in [-0.1, -0.05) is 6.92 Å². The van der Waals surface area contributed by atoms with E-state index >= 15 is 0 Å². The van der Waals surface area contributed by atoms with Gasteiger partial charge in [-0.05, 0) is 47.3 Å². The Morgan fingerprint density at radius 2 is 2.40 bits per heavy atom. The van der Waals surface area contributed by atoms with E-state index < -0.39 is 0 Å². The molecule has 82 valence electrons. The molecule has 1 heterocycles. The molecule has 5 heteroatoms. The normalized spacial score (nSPS) is 24.7. The second kappa shape index (κ2) is 4.51. The van der Waals surface area contributed by atoms with Gasteiger partial charge in [0, 0.05) is 6.54 Å². The first-order valence-electron chi connectivity index (χ1n) is 5.14. The first kappa shape index (κ1) is 10.9. The molecule has 15 heavy (non-hydrogen) atoms. The molecule has 1 fully saturated rings. The van der Waals surface area contributed by atoms with Crippen LogP contribution in [-0.2, 0) is 0 Å². The molecule has 4 nitrogen and oxygen atoms in total. The lowest BCUT2D eigenvalue weighted by atomic mass is 9.76. The average molecular weight is 319 g/mol. The third-order valence-corrected chi connectivity index (χ3v) is 3.83. The maximum atomic E-state index is 11.3. The highest BCUT2D eigenvalue weighted by atomic mass is 127. The Hall–Kier alpha value is -0.590. The van der Waals surface area contributed by atoms with Gasteiger partial charge in [0.1, 0.15) is 9.39 Å². The number of nitrogens with zero attached hydrogens (tertiary/aromatic N) is 1. The third kappa shape index (κ3) is 2.50. The maximum absolute atomic E-state index is 11.3. The van der Waals surface area contributed by atoms with Crippen LogP contribution in [0.3, 0.4) is 0 Å². The van der Waals surface area contributed by atoms with Crippen molar-refractivity contribution in [1.29, 1.82) is 0 Å². The smallest absolute Gasteiger partial charge is 0.266 e. The Balaban J connectivity index is 1.93. The number of nitrogens with one attached hydrogen (secondary N) is 2. The summed E-state index contributed by atoms with van der Waals surface area (Å²) in [6.45, 7) is 3.20. The van der Waals surface area contributed by atoms with Gasteiger partial charge in [-0.2, -0.15) is 0 Å². The number of H-pyrrole nitrogens is 1. The molecule has 0 aliphatic heterocycles. The first-order chi connectivity index (χ1) is 7.16. The van der Waals surface area contributed by atoms with Crippen LogP contribution in [0.25, 0.3) is 0 Å². The highest BCUT2D eigenvalue weighted by Gasteiger charge is 2.25. The minimum Gasteiger partial charge on any atom is -0.369 e. The van der Waals surface area contributed by atoms with E-state index in [-0.39, 0.29) is 5.56 Å².